The van der Waals surface area contributed by atoms with Gasteiger partial charge in [0.25, 0.3) is 5.56 Å². The number of aromatic nitrogens is 2. The summed E-state index contributed by atoms with van der Waals surface area (Å²) in [5.41, 5.74) is 7.08. The van der Waals surface area contributed by atoms with E-state index in [1.807, 2.05) is 4.98 Å². The first-order valence-electron chi connectivity index (χ1n) is 5.27. The number of rotatable bonds is 3. The fourth-order valence-corrected chi connectivity index (χ4v) is 1.88. The minimum Gasteiger partial charge on any atom is -0.479 e. The predicted molar refractivity (Wildman–Crippen MR) is 60.4 cm³/mol. The maximum atomic E-state index is 11.5. The molecular weight excluding hydrogens is 258 g/mol. The molecule has 1 aromatic heterocycles. The number of ether oxygens (including phenoxy) is 1. The number of H-pyrrole nitrogens is 1. The SMILES string of the molecule is [N-]=[N+]=N[C@H]1C[C@H](n2ccc(=O)[nH]c2=O)O[C@@H]1C(=O)O. The average molecular weight is 267 g/mol. The second kappa shape index (κ2) is 4.96. The summed E-state index contributed by atoms with van der Waals surface area (Å²) in [6.07, 6.45) is -0.989. The second-order valence-corrected chi connectivity index (χ2v) is 3.87. The molecule has 1 saturated heterocycles. The first kappa shape index (κ1) is 12.9. The van der Waals surface area contributed by atoms with Gasteiger partial charge in [0.1, 0.15) is 6.23 Å². The van der Waals surface area contributed by atoms with Gasteiger partial charge >= 0.3 is 11.7 Å². The third-order valence-corrected chi connectivity index (χ3v) is 2.70. The van der Waals surface area contributed by atoms with Crippen molar-refractivity contribution in [3.8, 4) is 0 Å². The Morgan fingerprint density at radius 2 is 2.37 bits per heavy atom. The highest BCUT2D eigenvalue weighted by Crippen LogP contribution is 2.29. The van der Waals surface area contributed by atoms with E-state index in [4.69, 9.17) is 15.4 Å². The molecule has 0 amide bonds. The van der Waals surface area contributed by atoms with E-state index < -0.39 is 35.6 Å². The molecule has 10 nitrogen and oxygen atoms in total. The Labute approximate surface area is 104 Å². The third-order valence-electron chi connectivity index (χ3n) is 2.70. The van der Waals surface area contributed by atoms with Crippen molar-refractivity contribution in [3.63, 3.8) is 0 Å². The number of carboxylic acids is 1. The zero-order valence-corrected chi connectivity index (χ0v) is 9.46. The minimum atomic E-state index is -1.32. The Morgan fingerprint density at radius 3 is 2.95 bits per heavy atom. The molecule has 0 aliphatic carbocycles. The van der Waals surface area contributed by atoms with Crippen molar-refractivity contribution in [1.29, 1.82) is 0 Å². The lowest BCUT2D eigenvalue weighted by Gasteiger charge is -2.13. The molecule has 3 atom stereocenters. The number of nitrogens with one attached hydrogen (secondary N) is 1. The fraction of sp³-hybridized carbons (Fsp3) is 0.444. The quantitative estimate of drug-likeness (QED) is 0.433. The van der Waals surface area contributed by atoms with Crippen LogP contribution in [0.3, 0.4) is 0 Å². The zero-order valence-electron chi connectivity index (χ0n) is 9.46. The van der Waals surface area contributed by atoms with Crippen LogP contribution in [0.4, 0.5) is 0 Å². The van der Waals surface area contributed by atoms with E-state index in [1.54, 1.807) is 0 Å². The zero-order chi connectivity index (χ0) is 14.0. The molecule has 100 valence electrons. The van der Waals surface area contributed by atoms with Crippen LogP contribution in [0.1, 0.15) is 12.6 Å². The van der Waals surface area contributed by atoms with Crippen LogP contribution >= 0.6 is 0 Å². The first-order valence-corrected chi connectivity index (χ1v) is 5.27. The summed E-state index contributed by atoms with van der Waals surface area (Å²) in [5.74, 6) is -1.28. The number of carbonyl (C=O) groups is 1. The van der Waals surface area contributed by atoms with E-state index in [9.17, 15) is 14.4 Å². The summed E-state index contributed by atoms with van der Waals surface area (Å²) >= 11 is 0. The number of hydrogen-bond donors (Lipinski definition) is 2. The van der Waals surface area contributed by atoms with Crippen LogP contribution in [-0.2, 0) is 9.53 Å². The van der Waals surface area contributed by atoms with Crippen LogP contribution in [-0.4, -0.2) is 32.8 Å². The minimum absolute atomic E-state index is 0.0347. The molecule has 0 aromatic carbocycles. The van der Waals surface area contributed by atoms with Gasteiger partial charge in [-0.1, -0.05) is 5.11 Å². The van der Waals surface area contributed by atoms with Crippen molar-refractivity contribution >= 4 is 5.97 Å². The number of azide groups is 1. The summed E-state index contributed by atoms with van der Waals surface area (Å²) in [4.78, 5) is 38.0. The number of nitrogens with zero attached hydrogens (tertiary/aromatic N) is 4. The maximum absolute atomic E-state index is 11.5. The molecule has 0 bridgehead atoms. The molecule has 19 heavy (non-hydrogen) atoms. The molecule has 0 saturated carbocycles. The third kappa shape index (κ3) is 2.49. The van der Waals surface area contributed by atoms with Gasteiger partial charge < -0.3 is 9.84 Å². The van der Waals surface area contributed by atoms with Crippen molar-refractivity contribution in [2.75, 3.05) is 0 Å². The van der Waals surface area contributed by atoms with Gasteiger partial charge in [-0.15, -0.1) is 0 Å². The smallest absolute Gasteiger partial charge is 0.333 e. The predicted octanol–water partition coefficient (Wildman–Crippen LogP) is -0.412. The Hall–Kier alpha value is -2.58. The molecule has 2 heterocycles. The van der Waals surface area contributed by atoms with Gasteiger partial charge in [-0.2, -0.15) is 0 Å². The molecule has 2 N–H and O–H groups in total. The van der Waals surface area contributed by atoms with Gasteiger partial charge in [0.05, 0.1) is 6.04 Å². The monoisotopic (exact) mass is 267 g/mol. The van der Waals surface area contributed by atoms with Gasteiger partial charge in [0.15, 0.2) is 6.10 Å². The fourth-order valence-electron chi connectivity index (χ4n) is 1.88. The van der Waals surface area contributed by atoms with Crippen LogP contribution < -0.4 is 11.2 Å². The van der Waals surface area contributed by atoms with Gasteiger partial charge in [-0.25, -0.2) is 9.59 Å². The van der Waals surface area contributed by atoms with Gasteiger partial charge in [0, 0.05) is 23.6 Å². The summed E-state index contributed by atoms with van der Waals surface area (Å²) in [6, 6.07) is 0.202. The first-order chi connectivity index (χ1) is 9.02. The number of aliphatic carboxylic acids is 1. The lowest BCUT2D eigenvalue weighted by molar-refractivity contribution is -0.152. The molecule has 1 fully saturated rings. The average Bonchev–Trinajstić information content (AvgIpc) is 2.73. The van der Waals surface area contributed by atoms with Crippen molar-refractivity contribution in [2.45, 2.75) is 24.8 Å². The highest BCUT2D eigenvalue weighted by molar-refractivity contribution is 5.73. The van der Waals surface area contributed by atoms with E-state index in [2.05, 4.69) is 10.0 Å². The van der Waals surface area contributed by atoms with E-state index >= 15 is 0 Å². The lowest BCUT2D eigenvalue weighted by Crippen LogP contribution is -2.32. The number of hydrogen-bond acceptors (Lipinski definition) is 5. The van der Waals surface area contributed by atoms with E-state index in [1.165, 1.54) is 6.20 Å². The van der Waals surface area contributed by atoms with Crippen LogP contribution in [0, 0.1) is 0 Å². The Morgan fingerprint density at radius 1 is 1.63 bits per heavy atom. The molecule has 1 aliphatic heterocycles. The maximum Gasteiger partial charge on any atom is 0.333 e. The summed E-state index contributed by atoms with van der Waals surface area (Å²) in [6.45, 7) is 0. The number of carboxylic acid groups (broad SMARTS) is 1. The van der Waals surface area contributed by atoms with Crippen LogP contribution in [0.15, 0.2) is 27.0 Å². The van der Waals surface area contributed by atoms with Gasteiger partial charge in [-0.3, -0.25) is 14.3 Å². The standard InChI is InChI=1S/C9H9N5O5/c10-13-12-4-3-6(19-7(4)8(16)17)14-2-1-5(15)11-9(14)18/h1-2,4,6-7H,3H2,(H,16,17)(H,11,15,18)/t4-,6+,7-/m0/s1. The molecule has 2 rings (SSSR count). The highest BCUT2D eigenvalue weighted by Gasteiger charge is 2.40. The summed E-state index contributed by atoms with van der Waals surface area (Å²) in [5, 5.41) is 12.3. The molecule has 1 aliphatic rings. The molecular formula is C9H9N5O5. The highest BCUT2D eigenvalue weighted by atomic mass is 16.5. The van der Waals surface area contributed by atoms with Crippen molar-refractivity contribution < 1.29 is 14.6 Å². The van der Waals surface area contributed by atoms with E-state index in [0.717, 1.165) is 10.6 Å². The largest absolute Gasteiger partial charge is 0.479 e. The molecule has 0 unspecified atom stereocenters. The van der Waals surface area contributed by atoms with Crippen LogP contribution in [0.25, 0.3) is 10.4 Å². The molecule has 1 aromatic rings. The molecule has 0 spiro atoms. The second-order valence-electron chi connectivity index (χ2n) is 3.87. The summed E-state index contributed by atoms with van der Waals surface area (Å²) < 4.78 is 6.22. The van der Waals surface area contributed by atoms with Gasteiger partial charge in [-0.05, 0) is 5.53 Å². The summed E-state index contributed by atoms with van der Waals surface area (Å²) in [7, 11) is 0. The van der Waals surface area contributed by atoms with Crippen molar-refractivity contribution in [2.24, 2.45) is 5.11 Å². The van der Waals surface area contributed by atoms with Gasteiger partial charge in [0.2, 0.25) is 0 Å². The Balaban J connectivity index is 2.33. The normalized spacial score (nSPS) is 25.8. The lowest BCUT2D eigenvalue weighted by atomic mass is 10.1. The van der Waals surface area contributed by atoms with Crippen molar-refractivity contribution in [3.05, 3.63) is 43.5 Å². The number of aromatic amines is 1. The van der Waals surface area contributed by atoms with E-state index in [-0.39, 0.29) is 6.42 Å². The van der Waals surface area contributed by atoms with Crippen molar-refractivity contribution in [1.82, 2.24) is 9.55 Å². The Kier molecular flexibility index (Phi) is 3.36. The topological polar surface area (TPSA) is 150 Å². The van der Waals surface area contributed by atoms with E-state index in [0.29, 0.717) is 0 Å². The van der Waals surface area contributed by atoms with Crippen LogP contribution in [0.2, 0.25) is 0 Å². The molecule has 10 heteroatoms. The van der Waals surface area contributed by atoms with Crippen LogP contribution in [0.5, 0.6) is 0 Å². The Bertz CT molecular complexity index is 647. The molecule has 0 radical (unpaired) electrons.